The van der Waals surface area contributed by atoms with Crippen LogP contribution in [0.2, 0.25) is 5.02 Å². The Bertz CT molecular complexity index is 355. The Hall–Kier alpha value is -1.40. The maximum absolute atomic E-state index is 12.6. The van der Waals surface area contributed by atoms with Crippen LogP contribution in [0.1, 0.15) is 10.4 Å². The van der Waals surface area contributed by atoms with E-state index in [-0.39, 0.29) is 5.56 Å². The Labute approximate surface area is 79.5 Å². The number of halogens is 2. The molecule has 0 saturated heterocycles. The van der Waals surface area contributed by atoms with Gasteiger partial charge in [-0.1, -0.05) is 11.6 Å². The number of nitrogens with zero attached hydrogens (tertiary/aromatic N) is 1. The quantitative estimate of drug-likeness (QED) is 0.683. The highest BCUT2D eigenvalue weighted by atomic mass is 35.5. The van der Waals surface area contributed by atoms with Gasteiger partial charge in [-0.2, -0.15) is 5.26 Å². The number of hydrogen-bond acceptors (Lipinski definition) is 2. The van der Waals surface area contributed by atoms with E-state index in [0.29, 0.717) is 5.02 Å². The van der Waals surface area contributed by atoms with Crippen LogP contribution in [0.25, 0.3) is 0 Å². The summed E-state index contributed by atoms with van der Waals surface area (Å²) >= 11 is 5.56. The number of carbonyl (C=O) groups excluding carboxylic acids is 1. The van der Waals surface area contributed by atoms with E-state index in [0.717, 1.165) is 0 Å². The summed E-state index contributed by atoms with van der Waals surface area (Å²) in [5, 5.41) is 8.61. The van der Waals surface area contributed by atoms with Crippen LogP contribution in [-0.4, -0.2) is 12.0 Å². The van der Waals surface area contributed by atoms with E-state index in [2.05, 4.69) is 0 Å². The number of Topliss-reactive ketones (excluding diaryl/α,β-unsaturated/α-hetero) is 1. The zero-order valence-corrected chi connectivity index (χ0v) is 7.25. The smallest absolute Gasteiger partial charge is 0.248 e. The van der Waals surface area contributed by atoms with E-state index in [4.69, 9.17) is 16.9 Å². The molecule has 13 heavy (non-hydrogen) atoms. The molecule has 0 saturated carbocycles. The van der Waals surface area contributed by atoms with Crippen molar-refractivity contribution >= 4 is 17.4 Å². The molecule has 0 aromatic heterocycles. The van der Waals surface area contributed by atoms with E-state index in [1.54, 1.807) is 0 Å². The molecule has 0 aliphatic heterocycles. The molecule has 0 N–H and O–H groups in total. The lowest BCUT2D eigenvalue weighted by Gasteiger charge is -1.98. The Balaban J connectivity index is 2.91. The fourth-order valence-corrected chi connectivity index (χ4v) is 0.945. The lowest BCUT2D eigenvalue weighted by molar-refractivity contribution is 0.0918. The summed E-state index contributed by atoms with van der Waals surface area (Å²) in [5.74, 6) is -0.834. The molecular weight excluding hydrogens is 193 g/mol. The minimum atomic E-state index is -2.10. The lowest BCUT2D eigenvalue weighted by Crippen LogP contribution is -2.12. The maximum Gasteiger partial charge on any atom is 0.248 e. The molecule has 0 spiro atoms. The van der Waals surface area contributed by atoms with Crippen molar-refractivity contribution in [2.45, 2.75) is 6.17 Å². The van der Waals surface area contributed by atoms with Crippen molar-refractivity contribution in [3.05, 3.63) is 34.9 Å². The van der Waals surface area contributed by atoms with Crippen molar-refractivity contribution in [2.75, 3.05) is 0 Å². The molecule has 4 heteroatoms. The van der Waals surface area contributed by atoms with Crippen molar-refractivity contribution in [2.24, 2.45) is 0 Å². The fraction of sp³-hybridized carbons (Fsp3) is 0.111. The molecule has 1 rings (SSSR count). The van der Waals surface area contributed by atoms with Gasteiger partial charge in [0.15, 0.2) is 0 Å². The van der Waals surface area contributed by atoms with Crippen molar-refractivity contribution < 1.29 is 9.18 Å². The molecule has 1 aromatic carbocycles. The monoisotopic (exact) mass is 197 g/mol. The van der Waals surface area contributed by atoms with Gasteiger partial charge in [-0.15, -0.1) is 0 Å². The minimum absolute atomic E-state index is 0.151. The van der Waals surface area contributed by atoms with Gasteiger partial charge in [-0.25, -0.2) is 4.39 Å². The number of nitriles is 1. The molecule has 1 atom stereocenters. The van der Waals surface area contributed by atoms with Gasteiger partial charge < -0.3 is 0 Å². The molecule has 0 bridgehead atoms. The molecule has 0 amide bonds. The number of hydrogen-bond donors (Lipinski definition) is 0. The third kappa shape index (κ3) is 2.27. The van der Waals surface area contributed by atoms with Gasteiger partial charge in [-0.3, -0.25) is 4.79 Å². The van der Waals surface area contributed by atoms with Crippen molar-refractivity contribution in [3.8, 4) is 6.07 Å². The summed E-state index contributed by atoms with van der Waals surface area (Å²) in [4.78, 5) is 11.0. The summed E-state index contributed by atoms with van der Waals surface area (Å²) in [5.41, 5.74) is 0.151. The van der Waals surface area contributed by atoms with Crippen LogP contribution in [0.5, 0.6) is 0 Å². The number of carbonyl (C=O) groups is 1. The summed E-state index contributed by atoms with van der Waals surface area (Å²) in [6.07, 6.45) is -2.10. The van der Waals surface area contributed by atoms with Crippen molar-refractivity contribution in [1.82, 2.24) is 0 Å². The van der Waals surface area contributed by atoms with Gasteiger partial charge in [0, 0.05) is 10.6 Å². The molecule has 0 fully saturated rings. The molecule has 0 radical (unpaired) electrons. The first-order chi connectivity index (χ1) is 6.15. The highest BCUT2D eigenvalue weighted by molar-refractivity contribution is 6.30. The molecule has 0 heterocycles. The maximum atomic E-state index is 12.6. The Morgan fingerprint density at radius 1 is 1.46 bits per heavy atom. The van der Waals surface area contributed by atoms with Crippen LogP contribution in [0.15, 0.2) is 24.3 Å². The zero-order chi connectivity index (χ0) is 9.84. The predicted molar refractivity (Wildman–Crippen MR) is 46.3 cm³/mol. The molecule has 1 unspecified atom stereocenters. The van der Waals surface area contributed by atoms with Gasteiger partial charge >= 0.3 is 0 Å². The van der Waals surface area contributed by atoms with Gasteiger partial charge in [0.25, 0.3) is 0 Å². The van der Waals surface area contributed by atoms with Gasteiger partial charge in [0.2, 0.25) is 12.0 Å². The van der Waals surface area contributed by atoms with Gasteiger partial charge in [-0.05, 0) is 24.3 Å². The number of rotatable bonds is 2. The molecular formula is C9H5ClFNO. The van der Waals surface area contributed by atoms with Crippen LogP contribution in [-0.2, 0) is 0 Å². The topological polar surface area (TPSA) is 40.9 Å². The SMILES string of the molecule is N#CC(F)C(=O)c1ccc(Cl)cc1. The first kappa shape index (κ1) is 9.69. The highest BCUT2D eigenvalue weighted by Gasteiger charge is 2.17. The summed E-state index contributed by atoms with van der Waals surface area (Å²) in [6.45, 7) is 0. The molecule has 0 aliphatic rings. The first-order valence-corrected chi connectivity index (χ1v) is 3.86. The second-order valence-corrected chi connectivity index (χ2v) is 2.80. The number of ketones is 1. The molecule has 2 nitrogen and oxygen atoms in total. The van der Waals surface area contributed by atoms with E-state index in [1.165, 1.54) is 30.3 Å². The Kier molecular flexibility index (Phi) is 2.99. The molecule has 0 aliphatic carbocycles. The summed E-state index contributed by atoms with van der Waals surface area (Å²) < 4.78 is 12.6. The van der Waals surface area contributed by atoms with E-state index in [9.17, 15) is 9.18 Å². The third-order valence-electron chi connectivity index (χ3n) is 1.47. The zero-order valence-electron chi connectivity index (χ0n) is 6.50. The lowest BCUT2D eigenvalue weighted by atomic mass is 10.1. The molecule has 1 aromatic rings. The van der Waals surface area contributed by atoms with Crippen LogP contribution in [0.3, 0.4) is 0 Å². The third-order valence-corrected chi connectivity index (χ3v) is 1.72. The van der Waals surface area contributed by atoms with Crippen LogP contribution in [0.4, 0.5) is 4.39 Å². The Morgan fingerprint density at radius 2 is 2.00 bits per heavy atom. The average molecular weight is 198 g/mol. The molecule has 66 valence electrons. The van der Waals surface area contributed by atoms with E-state index >= 15 is 0 Å². The van der Waals surface area contributed by atoms with Gasteiger partial charge in [0.05, 0.1) is 0 Å². The number of alkyl halides is 1. The second kappa shape index (κ2) is 4.01. The minimum Gasteiger partial charge on any atom is -0.290 e. The van der Waals surface area contributed by atoms with Crippen LogP contribution < -0.4 is 0 Å². The van der Waals surface area contributed by atoms with Crippen molar-refractivity contribution in [1.29, 1.82) is 5.26 Å². The van der Waals surface area contributed by atoms with E-state index in [1.807, 2.05) is 0 Å². The van der Waals surface area contributed by atoms with Crippen molar-refractivity contribution in [3.63, 3.8) is 0 Å². The second-order valence-electron chi connectivity index (χ2n) is 2.36. The highest BCUT2D eigenvalue weighted by Crippen LogP contribution is 2.11. The first-order valence-electron chi connectivity index (χ1n) is 3.48. The van der Waals surface area contributed by atoms with Gasteiger partial charge in [0.1, 0.15) is 6.07 Å². The predicted octanol–water partition coefficient (Wildman–Crippen LogP) is 2.38. The standard InChI is InChI=1S/C9H5ClFNO/c10-7-3-1-6(2-4-7)9(13)8(11)5-12/h1-4,8H. The normalized spacial score (nSPS) is 11.8. The summed E-state index contributed by atoms with van der Waals surface area (Å²) in [7, 11) is 0. The summed E-state index contributed by atoms with van der Waals surface area (Å²) in [6, 6.07) is 6.94. The average Bonchev–Trinajstić information content (AvgIpc) is 2.17. The number of benzene rings is 1. The largest absolute Gasteiger partial charge is 0.290 e. The van der Waals surface area contributed by atoms with E-state index < -0.39 is 12.0 Å². The fourth-order valence-electron chi connectivity index (χ4n) is 0.819. The Morgan fingerprint density at radius 3 is 2.46 bits per heavy atom. The van der Waals surface area contributed by atoms with Crippen LogP contribution >= 0.6 is 11.6 Å². The van der Waals surface area contributed by atoms with Crippen LogP contribution in [0, 0.1) is 11.3 Å².